The topological polar surface area (TPSA) is 123 Å². The minimum atomic E-state index is -1.13. The monoisotopic (exact) mass is 667 g/mol. The molecular weight excluding hydrogens is 642 g/mol. The molecule has 2 atom stereocenters. The molecule has 40 heavy (non-hydrogen) atoms. The molecule has 0 fully saturated rings. The molecule has 4 rings (SSSR count). The number of fused-ring (bicyclic) bond motifs is 1. The first-order valence-electron chi connectivity index (χ1n) is 12.4. The minimum absolute atomic E-state index is 0.134. The Morgan fingerprint density at radius 2 is 1.68 bits per heavy atom. The summed E-state index contributed by atoms with van der Waals surface area (Å²) in [5.41, 5.74) is 7.64. The van der Waals surface area contributed by atoms with E-state index in [1.807, 2.05) is 36.4 Å². The molecule has 4 aromatic carbocycles. The maximum atomic E-state index is 13.2. The summed E-state index contributed by atoms with van der Waals surface area (Å²) in [6, 6.07) is 23.3. The second-order valence-electron chi connectivity index (χ2n) is 8.66. The third kappa shape index (κ3) is 7.20. The van der Waals surface area contributed by atoms with Crippen LogP contribution in [0, 0.1) is 0 Å². The van der Waals surface area contributed by atoms with Crippen LogP contribution in [0.4, 0.5) is 21.9 Å². The number of phenolic OH excluding ortho intramolecular Hbond substituents is 1. The number of halogens is 2. The highest BCUT2D eigenvalue weighted by atomic mass is 79.9. The maximum Gasteiger partial charge on any atom is 0.412 e. The largest absolute Gasteiger partial charge is 0.506 e. The number of carbonyl (C=O) groups excluding carboxylic acids is 2. The van der Waals surface area contributed by atoms with Crippen molar-refractivity contribution in [3.63, 3.8) is 0 Å². The number of hydrogen-bond donors (Lipinski definition) is 4. The first-order valence-corrected chi connectivity index (χ1v) is 13.9. The number of para-hydroxylation sites is 2. The van der Waals surface area contributed by atoms with Gasteiger partial charge >= 0.3 is 6.09 Å². The van der Waals surface area contributed by atoms with E-state index >= 15 is 0 Å². The Kier molecular flexibility index (Phi) is 9.81. The quantitative estimate of drug-likeness (QED) is 0.108. The lowest BCUT2D eigenvalue weighted by atomic mass is 10.0. The van der Waals surface area contributed by atoms with E-state index in [9.17, 15) is 14.7 Å². The van der Waals surface area contributed by atoms with Crippen molar-refractivity contribution in [3.05, 3.63) is 106 Å². The van der Waals surface area contributed by atoms with Crippen LogP contribution >= 0.6 is 31.9 Å². The fourth-order valence-electron chi connectivity index (χ4n) is 4.10. The molecule has 0 spiro atoms. The number of amides is 2. The number of nitrogens with one attached hydrogen (secondary N) is 2. The van der Waals surface area contributed by atoms with Gasteiger partial charge in [-0.1, -0.05) is 64.5 Å². The normalized spacial score (nSPS) is 12.7. The molecule has 0 aliphatic carbocycles. The third-order valence-electron chi connectivity index (χ3n) is 5.94. The van der Waals surface area contributed by atoms with Crippen LogP contribution in [-0.4, -0.2) is 29.8 Å². The van der Waals surface area contributed by atoms with E-state index in [4.69, 9.17) is 15.2 Å². The number of nitrogen functional groups attached to an aromatic ring is 1. The summed E-state index contributed by atoms with van der Waals surface area (Å²) in [4.78, 5) is 25.9. The molecular formula is C30H27Br2N3O5. The zero-order chi connectivity index (χ0) is 28.6. The highest BCUT2D eigenvalue weighted by Crippen LogP contribution is 2.39. The molecule has 0 saturated heterocycles. The number of aromatic hydroxyl groups is 1. The molecule has 0 bridgehead atoms. The molecule has 0 saturated carbocycles. The zero-order valence-electron chi connectivity index (χ0n) is 21.4. The average molecular weight is 669 g/mol. The van der Waals surface area contributed by atoms with Gasteiger partial charge in [0.25, 0.3) is 0 Å². The lowest BCUT2D eigenvalue weighted by Crippen LogP contribution is -2.28. The number of benzene rings is 4. The number of rotatable bonds is 9. The van der Waals surface area contributed by atoms with Crippen molar-refractivity contribution >= 4 is 71.7 Å². The molecule has 2 amide bonds. The van der Waals surface area contributed by atoms with Gasteiger partial charge in [0, 0.05) is 28.1 Å². The number of hydrogen-bond acceptors (Lipinski definition) is 6. The maximum absolute atomic E-state index is 13.2. The molecule has 0 radical (unpaired) electrons. The molecule has 8 nitrogen and oxygen atoms in total. The molecule has 10 heteroatoms. The van der Waals surface area contributed by atoms with Gasteiger partial charge in [0.1, 0.15) is 11.9 Å². The second kappa shape index (κ2) is 13.5. The summed E-state index contributed by atoms with van der Waals surface area (Å²) in [5.74, 6) is -0.591. The number of carbonyl (C=O) groups is 2. The smallest absolute Gasteiger partial charge is 0.412 e. The average Bonchev–Trinajstić information content (AvgIpc) is 2.93. The van der Waals surface area contributed by atoms with E-state index in [1.54, 1.807) is 49.4 Å². The Hall–Kier alpha value is -3.86. The van der Waals surface area contributed by atoms with Crippen LogP contribution in [0.5, 0.6) is 5.75 Å². The van der Waals surface area contributed by atoms with E-state index in [1.165, 1.54) is 12.2 Å². The number of anilines is 3. The van der Waals surface area contributed by atoms with Gasteiger partial charge in [-0.05, 0) is 64.6 Å². The highest BCUT2D eigenvalue weighted by Gasteiger charge is 2.30. The molecule has 0 heterocycles. The molecule has 0 aliphatic heterocycles. The SMILES string of the molecule is CCO[C@@H](/C=C/C(=O)Nc1ccccc1N)[C@@H](OC(=O)Nc1cccc2ccccc12)c1cc(Br)cc(Br)c1O. The van der Waals surface area contributed by atoms with Gasteiger partial charge in [0.15, 0.2) is 6.10 Å². The highest BCUT2D eigenvalue weighted by molar-refractivity contribution is 9.11. The molecule has 0 aliphatic rings. The Bertz CT molecular complexity index is 1550. The molecule has 5 N–H and O–H groups in total. The second-order valence-corrected chi connectivity index (χ2v) is 10.4. The van der Waals surface area contributed by atoms with Gasteiger partial charge in [-0.3, -0.25) is 10.1 Å². The van der Waals surface area contributed by atoms with Crippen LogP contribution in [0.25, 0.3) is 10.8 Å². The number of ether oxygens (including phenoxy) is 2. The Morgan fingerprint density at radius 1 is 0.975 bits per heavy atom. The first kappa shape index (κ1) is 29.1. The summed E-state index contributed by atoms with van der Waals surface area (Å²) in [5, 5.41) is 18.2. The lowest BCUT2D eigenvalue weighted by Gasteiger charge is -2.26. The molecule has 0 unspecified atom stereocenters. The number of phenols is 1. The van der Waals surface area contributed by atoms with Gasteiger partial charge in [0.05, 0.1) is 21.5 Å². The first-order chi connectivity index (χ1) is 19.3. The Morgan fingerprint density at radius 3 is 2.45 bits per heavy atom. The van der Waals surface area contributed by atoms with E-state index in [0.29, 0.717) is 26.0 Å². The van der Waals surface area contributed by atoms with Gasteiger partial charge in [-0.2, -0.15) is 0 Å². The van der Waals surface area contributed by atoms with Gasteiger partial charge in [0.2, 0.25) is 5.91 Å². The summed E-state index contributed by atoms with van der Waals surface area (Å²) in [6.07, 6.45) is -0.0852. The van der Waals surface area contributed by atoms with Gasteiger partial charge in [-0.25, -0.2) is 4.79 Å². The van der Waals surface area contributed by atoms with Crippen molar-refractivity contribution in [3.8, 4) is 5.75 Å². The summed E-state index contributed by atoms with van der Waals surface area (Å²) >= 11 is 6.76. The van der Waals surface area contributed by atoms with Crippen LogP contribution in [-0.2, 0) is 14.3 Å². The fourth-order valence-corrected chi connectivity index (χ4v) is 5.36. The molecule has 0 aromatic heterocycles. The van der Waals surface area contributed by atoms with Crippen LogP contribution in [0.15, 0.2) is 100.0 Å². The third-order valence-corrected chi connectivity index (χ3v) is 7.00. The number of nitrogens with two attached hydrogens (primary N) is 1. The predicted octanol–water partition coefficient (Wildman–Crippen LogP) is 7.54. The van der Waals surface area contributed by atoms with E-state index in [-0.39, 0.29) is 17.9 Å². The zero-order valence-corrected chi connectivity index (χ0v) is 24.6. The minimum Gasteiger partial charge on any atom is -0.506 e. The van der Waals surface area contributed by atoms with Crippen molar-refractivity contribution in [1.82, 2.24) is 0 Å². The Balaban J connectivity index is 1.64. The fraction of sp³-hybridized carbons (Fsp3) is 0.133. The van der Waals surface area contributed by atoms with Crippen molar-refractivity contribution in [2.75, 3.05) is 23.0 Å². The Labute approximate surface area is 248 Å². The standard InChI is InChI=1S/C30H27Br2N3O5/c1-2-39-26(14-15-27(36)34-25-12-6-5-11-23(25)33)29(21-16-19(31)17-22(32)28(21)37)40-30(38)35-24-13-7-9-18-8-3-4-10-20(18)24/h3-17,26,29,37H,2,33H2,1H3,(H,34,36)(H,35,38)/b15-14+/t26-,29-/m0/s1. The summed E-state index contributed by atoms with van der Waals surface area (Å²) < 4.78 is 12.8. The summed E-state index contributed by atoms with van der Waals surface area (Å²) in [7, 11) is 0. The van der Waals surface area contributed by atoms with Crippen molar-refractivity contribution in [1.29, 1.82) is 0 Å². The van der Waals surface area contributed by atoms with Crippen LogP contribution in [0.3, 0.4) is 0 Å². The van der Waals surface area contributed by atoms with E-state index < -0.39 is 24.2 Å². The van der Waals surface area contributed by atoms with Crippen molar-refractivity contribution < 1.29 is 24.2 Å². The van der Waals surface area contributed by atoms with Crippen LogP contribution < -0.4 is 16.4 Å². The van der Waals surface area contributed by atoms with Crippen molar-refractivity contribution in [2.24, 2.45) is 0 Å². The predicted molar refractivity (Wildman–Crippen MR) is 164 cm³/mol. The van der Waals surface area contributed by atoms with E-state index in [2.05, 4.69) is 42.5 Å². The summed E-state index contributed by atoms with van der Waals surface area (Å²) in [6.45, 7) is 2.01. The van der Waals surface area contributed by atoms with Crippen LogP contribution in [0.1, 0.15) is 18.6 Å². The van der Waals surface area contributed by atoms with Gasteiger partial charge < -0.3 is 25.6 Å². The molecule has 206 valence electrons. The van der Waals surface area contributed by atoms with E-state index in [0.717, 1.165) is 10.8 Å². The van der Waals surface area contributed by atoms with Gasteiger partial charge in [-0.15, -0.1) is 0 Å². The molecule has 4 aromatic rings. The van der Waals surface area contributed by atoms with Crippen LogP contribution in [0.2, 0.25) is 0 Å². The lowest BCUT2D eigenvalue weighted by molar-refractivity contribution is -0.112. The van der Waals surface area contributed by atoms with Crippen molar-refractivity contribution in [2.45, 2.75) is 19.1 Å².